The Balaban J connectivity index is 2.50. The van der Waals surface area contributed by atoms with Crippen molar-refractivity contribution < 1.29 is 5.11 Å². The summed E-state index contributed by atoms with van der Waals surface area (Å²) in [5.74, 6) is 0.903. The third-order valence-electron chi connectivity index (χ3n) is 2.17. The fraction of sp³-hybridized carbons (Fsp3) is 0.455. The zero-order valence-electron chi connectivity index (χ0n) is 8.74. The SMILES string of the molecule is CC(CCO)SCc1ccc(Br)cc1N. The zero-order chi connectivity index (χ0) is 11.3. The van der Waals surface area contributed by atoms with Crippen molar-refractivity contribution in [1.29, 1.82) is 0 Å². The summed E-state index contributed by atoms with van der Waals surface area (Å²) >= 11 is 5.20. The van der Waals surface area contributed by atoms with Gasteiger partial charge in [-0.05, 0) is 24.1 Å². The lowest BCUT2D eigenvalue weighted by atomic mass is 10.2. The van der Waals surface area contributed by atoms with Gasteiger partial charge in [-0.3, -0.25) is 0 Å². The van der Waals surface area contributed by atoms with Crippen molar-refractivity contribution in [3.63, 3.8) is 0 Å². The van der Waals surface area contributed by atoms with Gasteiger partial charge in [0.2, 0.25) is 0 Å². The van der Waals surface area contributed by atoms with Crippen molar-refractivity contribution in [3.05, 3.63) is 28.2 Å². The summed E-state index contributed by atoms with van der Waals surface area (Å²) in [6, 6.07) is 5.97. The highest BCUT2D eigenvalue weighted by Gasteiger charge is 2.04. The Morgan fingerprint density at radius 3 is 2.87 bits per heavy atom. The van der Waals surface area contributed by atoms with Crippen LogP contribution in [0.15, 0.2) is 22.7 Å². The van der Waals surface area contributed by atoms with E-state index in [0.29, 0.717) is 5.25 Å². The summed E-state index contributed by atoms with van der Waals surface area (Å²) < 4.78 is 1.01. The van der Waals surface area contributed by atoms with Gasteiger partial charge in [-0.2, -0.15) is 11.8 Å². The number of anilines is 1. The summed E-state index contributed by atoms with van der Waals surface area (Å²) in [4.78, 5) is 0. The first-order valence-electron chi connectivity index (χ1n) is 4.90. The van der Waals surface area contributed by atoms with Crippen LogP contribution >= 0.6 is 27.7 Å². The molecule has 0 aliphatic heterocycles. The van der Waals surface area contributed by atoms with E-state index in [1.165, 1.54) is 0 Å². The lowest BCUT2D eigenvalue weighted by Gasteiger charge is -2.10. The first-order valence-corrected chi connectivity index (χ1v) is 6.74. The Labute approximate surface area is 103 Å². The number of benzene rings is 1. The van der Waals surface area contributed by atoms with Crippen molar-refractivity contribution in [1.82, 2.24) is 0 Å². The highest BCUT2D eigenvalue weighted by atomic mass is 79.9. The Morgan fingerprint density at radius 2 is 2.27 bits per heavy atom. The molecule has 0 radical (unpaired) electrons. The second kappa shape index (κ2) is 6.40. The third-order valence-corrected chi connectivity index (χ3v) is 3.94. The van der Waals surface area contributed by atoms with E-state index in [1.807, 2.05) is 30.0 Å². The summed E-state index contributed by atoms with van der Waals surface area (Å²) in [5, 5.41) is 9.25. The van der Waals surface area contributed by atoms with Crippen LogP contribution in [0.3, 0.4) is 0 Å². The zero-order valence-corrected chi connectivity index (χ0v) is 11.1. The van der Waals surface area contributed by atoms with Gasteiger partial charge in [0.05, 0.1) is 0 Å². The normalized spacial score (nSPS) is 12.7. The van der Waals surface area contributed by atoms with Crippen molar-refractivity contribution in [2.75, 3.05) is 12.3 Å². The van der Waals surface area contributed by atoms with E-state index in [4.69, 9.17) is 10.8 Å². The third kappa shape index (κ3) is 4.45. The van der Waals surface area contributed by atoms with E-state index < -0.39 is 0 Å². The van der Waals surface area contributed by atoms with Gasteiger partial charge in [0.1, 0.15) is 0 Å². The van der Waals surface area contributed by atoms with E-state index in [-0.39, 0.29) is 6.61 Å². The molecule has 2 nitrogen and oxygen atoms in total. The monoisotopic (exact) mass is 289 g/mol. The number of hydrogen-bond acceptors (Lipinski definition) is 3. The Morgan fingerprint density at radius 1 is 1.53 bits per heavy atom. The molecule has 0 fully saturated rings. The minimum absolute atomic E-state index is 0.254. The van der Waals surface area contributed by atoms with Gasteiger partial charge in [0, 0.05) is 27.8 Å². The fourth-order valence-electron chi connectivity index (χ4n) is 1.19. The highest BCUT2D eigenvalue weighted by Crippen LogP contribution is 2.25. The molecule has 0 bridgehead atoms. The summed E-state index contributed by atoms with van der Waals surface area (Å²) in [5.41, 5.74) is 7.88. The average molecular weight is 290 g/mol. The molecule has 0 saturated heterocycles. The van der Waals surface area contributed by atoms with Crippen LogP contribution in [-0.4, -0.2) is 17.0 Å². The van der Waals surface area contributed by atoms with E-state index >= 15 is 0 Å². The number of rotatable bonds is 5. The van der Waals surface area contributed by atoms with Crippen LogP contribution in [0, 0.1) is 0 Å². The molecule has 84 valence electrons. The Hall–Kier alpha value is -0.190. The molecule has 0 aliphatic carbocycles. The van der Waals surface area contributed by atoms with Gasteiger partial charge in [0.25, 0.3) is 0 Å². The topological polar surface area (TPSA) is 46.2 Å². The average Bonchev–Trinajstić information content (AvgIpc) is 2.17. The maximum atomic E-state index is 8.78. The maximum absolute atomic E-state index is 8.78. The van der Waals surface area contributed by atoms with Crippen molar-refractivity contribution >= 4 is 33.4 Å². The summed E-state index contributed by atoms with van der Waals surface area (Å²) in [6.07, 6.45) is 0.834. The maximum Gasteiger partial charge on any atom is 0.0441 e. The molecule has 3 N–H and O–H groups in total. The summed E-state index contributed by atoms with van der Waals surface area (Å²) in [7, 11) is 0. The van der Waals surface area contributed by atoms with Gasteiger partial charge < -0.3 is 10.8 Å². The molecule has 0 aromatic heterocycles. The largest absolute Gasteiger partial charge is 0.398 e. The standard InChI is InChI=1S/C11H16BrNOS/c1-8(4-5-14)15-7-9-2-3-10(12)6-11(9)13/h2-3,6,8,14H,4-5,7,13H2,1H3. The number of nitrogen functional groups attached to an aromatic ring is 1. The predicted octanol–water partition coefficient (Wildman–Crippen LogP) is 3.04. The van der Waals surface area contributed by atoms with E-state index in [1.54, 1.807) is 0 Å². The smallest absolute Gasteiger partial charge is 0.0441 e. The molecule has 1 atom stereocenters. The minimum atomic E-state index is 0.254. The van der Waals surface area contributed by atoms with Crippen LogP contribution in [0.4, 0.5) is 5.69 Å². The van der Waals surface area contributed by atoms with Crippen LogP contribution in [0.2, 0.25) is 0 Å². The highest BCUT2D eigenvalue weighted by molar-refractivity contribution is 9.10. The fourth-order valence-corrected chi connectivity index (χ4v) is 2.57. The predicted molar refractivity (Wildman–Crippen MR) is 71.0 cm³/mol. The van der Waals surface area contributed by atoms with Crippen LogP contribution in [0.25, 0.3) is 0 Å². The van der Waals surface area contributed by atoms with Gasteiger partial charge in [0.15, 0.2) is 0 Å². The number of thioether (sulfide) groups is 1. The van der Waals surface area contributed by atoms with Crippen LogP contribution in [-0.2, 0) is 5.75 Å². The first kappa shape index (κ1) is 12.9. The number of nitrogens with two attached hydrogens (primary N) is 1. The van der Waals surface area contributed by atoms with Gasteiger partial charge in [-0.15, -0.1) is 0 Å². The van der Waals surface area contributed by atoms with Crippen molar-refractivity contribution in [2.24, 2.45) is 0 Å². The molecule has 0 amide bonds. The van der Waals surface area contributed by atoms with Crippen molar-refractivity contribution in [2.45, 2.75) is 24.3 Å². The van der Waals surface area contributed by atoms with Crippen LogP contribution < -0.4 is 5.73 Å². The number of aliphatic hydroxyl groups excluding tert-OH is 1. The number of hydrogen-bond donors (Lipinski definition) is 2. The molecule has 15 heavy (non-hydrogen) atoms. The number of aliphatic hydroxyl groups is 1. The number of halogens is 1. The van der Waals surface area contributed by atoms with Crippen LogP contribution in [0.5, 0.6) is 0 Å². The van der Waals surface area contributed by atoms with E-state index in [0.717, 1.165) is 27.9 Å². The van der Waals surface area contributed by atoms with Gasteiger partial charge in [-0.1, -0.05) is 28.9 Å². The summed E-state index contributed by atoms with van der Waals surface area (Å²) in [6.45, 7) is 2.37. The molecular formula is C11H16BrNOS. The lowest BCUT2D eigenvalue weighted by molar-refractivity contribution is 0.289. The molecule has 0 heterocycles. The minimum Gasteiger partial charge on any atom is -0.398 e. The quantitative estimate of drug-likeness (QED) is 0.819. The molecule has 4 heteroatoms. The van der Waals surface area contributed by atoms with Gasteiger partial charge >= 0.3 is 0 Å². The van der Waals surface area contributed by atoms with Gasteiger partial charge in [-0.25, -0.2) is 0 Å². The lowest BCUT2D eigenvalue weighted by Crippen LogP contribution is -2.01. The molecule has 0 aliphatic rings. The molecule has 1 aromatic rings. The molecule has 1 unspecified atom stereocenters. The van der Waals surface area contributed by atoms with Crippen LogP contribution in [0.1, 0.15) is 18.9 Å². The molecule has 0 spiro atoms. The molecule has 1 aromatic carbocycles. The Bertz CT molecular complexity index is 319. The Kier molecular flexibility index (Phi) is 5.50. The second-order valence-corrected chi connectivity index (χ2v) is 5.82. The first-order chi connectivity index (χ1) is 7.13. The van der Waals surface area contributed by atoms with Crippen molar-refractivity contribution in [3.8, 4) is 0 Å². The van der Waals surface area contributed by atoms with E-state index in [9.17, 15) is 0 Å². The molecule has 0 saturated carbocycles. The second-order valence-electron chi connectivity index (χ2n) is 3.48. The molecule has 1 rings (SSSR count). The van der Waals surface area contributed by atoms with E-state index in [2.05, 4.69) is 22.9 Å². The molecular weight excluding hydrogens is 274 g/mol.